The molecule has 2 aromatic rings. The van der Waals surface area contributed by atoms with Gasteiger partial charge in [-0.2, -0.15) is 0 Å². The average Bonchev–Trinajstić information content (AvgIpc) is 2.46. The summed E-state index contributed by atoms with van der Waals surface area (Å²) in [6.45, 7) is 1.93. The van der Waals surface area contributed by atoms with Gasteiger partial charge in [-0.1, -0.05) is 12.1 Å². The van der Waals surface area contributed by atoms with Crippen molar-refractivity contribution < 1.29 is 30.3 Å². The van der Waals surface area contributed by atoms with E-state index in [1.807, 2.05) is 0 Å². The standard InChI is InChI=1S/C15H14O5.C2H6O/c16-10-4-1-9(2-5-10)3-6-12(18)15-13(19)7-11(17)8-14(15)20;1-2-3/h1-2,4-5,7-8,16-17,19-20H,3,6H2;3H,2H2,1H3. The van der Waals surface area contributed by atoms with Crippen LogP contribution in [0.2, 0.25) is 0 Å². The molecule has 0 aliphatic heterocycles. The van der Waals surface area contributed by atoms with Crippen molar-refractivity contribution in [1.29, 1.82) is 0 Å². The van der Waals surface area contributed by atoms with Gasteiger partial charge in [0, 0.05) is 25.2 Å². The van der Waals surface area contributed by atoms with Crippen LogP contribution in [-0.4, -0.2) is 37.9 Å². The maximum atomic E-state index is 12.0. The van der Waals surface area contributed by atoms with Gasteiger partial charge in [0.1, 0.15) is 28.6 Å². The van der Waals surface area contributed by atoms with Crippen molar-refractivity contribution in [2.45, 2.75) is 19.8 Å². The Bertz CT molecular complexity index is 626. The first-order chi connectivity index (χ1) is 10.9. The zero-order valence-electron chi connectivity index (χ0n) is 12.7. The van der Waals surface area contributed by atoms with Gasteiger partial charge in [-0.05, 0) is 31.0 Å². The number of hydrogen-bond acceptors (Lipinski definition) is 6. The number of hydrogen-bond donors (Lipinski definition) is 5. The van der Waals surface area contributed by atoms with Crippen LogP contribution in [0.4, 0.5) is 0 Å². The van der Waals surface area contributed by atoms with Crippen LogP contribution >= 0.6 is 0 Å². The summed E-state index contributed by atoms with van der Waals surface area (Å²) in [5, 5.41) is 45.1. The van der Waals surface area contributed by atoms with E-state index in [4.69, 9.17) is 10.2 Å². The topological polar surface area (TPSA) is 118 Å². The number of carbonyl (C=O) groups is 1. The molecule has 0 saturated carbocycles. The molecule has 124 valence electrons. The van der Waals surface area contributed by atoms with Gasteiger partial charge in [-0.15, -0.1) is 0 Å². The monoisotopic (exact) mass is 320 g/mol. The Morgan fingerprint density at radius 3 is 1.87 bits per heavy atom. The van der Waals surface area contributed by atoms with Crippen molar-refractivity contribution in [3.05, 3.63) is 47.5 Å². The molecule has 2 aromatic carbocycles. The lowest BCUT2D eigenvalue weighted by Gasteiger charge is -2.07. The second-order valence-corrected chi connectivity index (χ2v) is 4.76. The van der Waals surface area contributed by atoms with Crippen molar-refractivity contribution in [2.24, 2.45) is 0 Å². The Labute approximate surface area is 133 Å². The number of aliphatic hydroxyl groups is 1. The van der Waals surface area contributed by atoms with E-state index in [0.717, 1.165) is 17.7 Å². The van der Waals surface area contributed by atoms with Gasteiger partial charge in [0.15, 0.2) is 5.78 Å². The van der Waals surface area contributed by atoms with Crippen LogP contribution in [0.3, 0.4) is 0 Å². The minimum Gasteiger partial charge on any atom is -0.508 e. The summed E-state index contributed by atoms with van der Waals surface area (Å²) in [6.07, 6.45) is 0.509. The number of aliphatic hydroxyl groups excluding tert-OH is 1. The maximum absolute atomic E-state index is 12.0. The molecule has 0 saturated heterocycles. The molecule has 0 unspecified atom stereocenters. The quantitative estimate of drug-likeness (QED) is 0.552. The molecule has 0 aliphatic carbocycles. The molecule has 0 radical (unpaired) electrons. The van der Waals surface area contributed by atoms with Crippen molar-refractivity contribution in [3.8, 4) is 23.0 Å². The highest BCUT2D eigenvalue weighted by Gasteiger charge is 2.17. The number of carbonyl (C=O) groups excluding carboxylic acids is 1. The zero-order chi connectivity index (χ0) is 17.4. The van der Waals surface area contributed by atoms with Crippen LogP contribution < -0.4 is 0 Å². The molecule has 6 nitrogen and oxygen atoms in total. The van der Waals surface area contributed by atoms with Gasteiger partial charge >= 0.3 is 0 Å². The Balaban J connectivity index is 0.000000816. The van der Waals surface area contributed by atoms with Crippen molar-refractivity contribution >= 4 is 5.78 Å². The Hall–Kier alpha value is -2.73. The lowest BCUT2D eigenvalue weighted by atomic mass is 10.0. The number of phenolic OH excluding ortho intramolecular Hbond substituents is 4. The van der Waals surface area contributed by atoms with Crippen molar-refractivity contribution in [3.63, 3.8) is 0 Å². The maximum Gasteiger partial charge on any atom is 0.170 e. The first-order valence-corrected chi connectivity index (χ1v) is 7.06. The summed E-state index contributed by atoms with van der Waals surface area (Å²) in [7, 11) is 0. The van der Waals surface area contributed by atoms with E-state index in [1.54, 1.807) is 19.1 Å². The molecule has 6 heteroatoms. The molecular weight excluding hydrogens is 300 g/mol. The van der Waals surface area contributed by atoms with E-state index in [-0.39, 0.29) is 30.1 Å². The lowest BCUT2D eigenvalue weighted by Crippen LogP contribution is -2.02. The van der Waals surface area contributed by atoms with Gasteiger partial charge in [0.05, 0.1) is 0 Å². The highest BCUT2D eigenvalue weighted by Crippen LogP contribution is 2.33. The Morgan fingerprint density at radius 1 is 0.913 bits per heavy atom. The second kappa shape index (κ2) is 8.65. The third kappa shape index (κ3) is 5.52. The lowest BCUT2D eigenvalue weighted by molar-refractivity contribution is 0.0977. The fourth-order valence-corrected chi connectivity index (χ4v) is 1.93. The summed E-state index contributed by atoms with van der Waals surface area (Å²) in [4.78, 5) is 12.0. The molecule has 23 heavy (non-hydrogen) atoms. The number of aromatic hydroxyl groups is 4. The fraction of sp³-hybridized carbons (Fsp3) is 0.235. The molecule has 0 heterocycles. The highest BCUT2D eigenvalue weighted by molar-refractivity contribution is 6.01. The molecule has 0 atom stereocenters. The summed E-state index contributed by atoms with van der Waals surface area (Å²) in [5.74, 6) is -1.48. The molecule has 0 aromatic heterocycles. The van der Waals surface area contributed by atoms with Crippen LogP contribution in [0, 0.1) is 0 Å². The molecule has 0 spiro atoms. The summed E-state index contributed by atoms with van der Waals surface area (Å²) >= 11 is 0. The van der Waals surface area contributed by atoms with Crippen LogP contribution in [0.5, 0.6) is 23.0 Å². The smallest absolute Gasteiger partial charge is 0.170 e. The highest BCUT2D eigenvalue weighted by atomic mass is 16.3. The molecule has 0 aliphatic rings. The number of ketones is 1. The van der Waals surface area contributed by atoms with Gasteiger partial charge in [-0.25, -0.2) is 0 Å². The summed E-state index contributed by atoms with van der Waals surface area (Å²) in [5.41, 5.74) is 0.662. The van der Waals surface area contributed by atoms with Crippen LogP contribution in [0.15, 0.2) is 36.4 Å². The van der Waals surface area contributed by atoms with E-state index < -0.39 is 17.3 Å². The molecule has 0 bridgehead atoms. The van der Waals surface area contributed by atoms with Gasteiger partial charge in [0.2, 0.25) is 0 Å². The number of phenols is 4. The van der Waals surface area contributed by atoms with Gasteiger partial charge in [-0.3, -0.25) is 4.79 Å². The third-order valence-corrected chi connectivity index (χ3v) is 2.94. The molecule has 2 rings (SSSR count). The molecule has 5 N–H and O–H groups in total. The SMILES string of the molecule is CCO.O=C(CCc1ccc(O)cc1)c1c(O)cc(O)cc1O. The molecule has 0 fully saturated rings. The Kier molecular flexibility index (Phi) is 6.89. The summed E-state index contributed by atoms with van der Waals surface area (Å²) < 4.78 is 0. The predicted molar refractivity (Wildman–Crippen MR) is 85.0 cm³/mol. The Morgan fingerprint density at radius 2 is 1.39 bits per heavy atom. The van der Waals surface area contributed by atoms with Crippen LogP contribution in [0.25, 0.3) is 0 Å². The molecule has 0 amide bonds. The number of Topliss-reactive ketones (excluding diaryl/α,β-unsaturated/α-hetero) is 1. The van der Waals surface area contributed by atoms with E-state index in [1.165, 1.54) is 12.1 Å². The number of benzene rings is 2. The first kappa shape index (κ1) is 18.3. The number of rotatable bonds is 4. The fourth-order valence-electron chi connectivity index (χ4n) is 1.93. The average molecular weight is 320 g/mol. The van der Waals surface area contributed by atoms with E-state index in [2.05, 4.69) is 0 Å². The number of aryl methyl sites for hydroxylation is 1. The zero-order valence-corrected chi connectivity index (χ0v) is 12.7. The van der Waals surface area contributed by atoms with Crippen molar-refractivity contribution in [2.75, 3.05) is 6.61 Å². The van der Waals surface area contributed by atoms with E-state index in [9.17, 15) is 20.1 Å². The first-order valence-electron chi connectivity index (χ1n) is 7.06. The van der Waals surface area contributed by atoms with Crippen molar-refractivity contribution in [1.82, 2.24) is 0 Å². The third-order valence-electron chi connectivity index (χ3n) is 2.94. The van der Waals surface area contributed by atoms with E-state index >= 15 is 0 Å². The molecular formula is C17H20O6. The normalized spacial score (nSPS) is 9.83. The summed E-state index contributed by atoms with van der Waals surface area (Å²) in [6, 6.07) is 8.45. The van der Waals surface area contributed by atoms with Crippen LogP contribution in [0.1, 0.15) is 29.3 Å². The minimum absolute atomic E-state index is 0.0939. The largest absolute Gasteiger partial charge is 0.508 e. The van der Waals surface area contributed by atoms with E-state index in [0.29, 0.717) is 6.42 Å². The van der Waals surface area contributed by atoms with Gasteiger partial charge in [0.25, 0.3) is 0 Å². The van der Waals surface area contributed by atoms with Crippen LogP contribution in [-0.2, 0) is 6.42 Å². The predicted octanol–water partition coefficient (Wildman–Crippen LogP) is 2.32. The minimum atomic E-state index is -0.446. The van der Waals surface area contributed by atoms with Gasteiger partial charge < -0.3 is 25.5 Å². The second-order valence-electron chi connectivity index (χ2n) is 4.76.